The number of nitrogens with zero attached hydrogens (tertiary/aromatic N) is 2. The Morgan fingerprint density at radius 3 is 2.42 bits per heavy atom. The van der Waals surface area contributed by atoms with Crippen LogP contribution < -0.4 is 0 Å². The van der Waals surface area contributed by atoms with E-state index in [0.717, 1.165) is 45.2 Å². The Labute approximate surface area is 146 Å². The lowest BCUT2D eigenvalue weighted by atomic mass is 9.68. The van der Waals surface area contributed by atoms with Gasteiger partial charge < -0.3 is 5.11 Å². The molecule has 0 bridgehead atoms. The average Bonchev–Trinajstić information content (AvgIpc) is 3.06. The highest BCUT2D eigenvalue weighted by Gasteiger charge is 2.42. The van der Waals surface area contributed by atoms with E-state index in [0.29, 0.717) is 12.0 Å². The van der Waals surface area contributed by atoms with Crippen molar-refractivity contribution in [2.24, 2.45) is 5.92 Å². The molecule has 1 saturated carbocycles. The zero-order chi connectivity index (χ0) is 17.4. The van der Waals surface area contributed by atoms with Crippen LogP contribution in [0.25, 0.3) is 0 Å². The van der Waals surface area contributed by atoms with E-state index in [1.54, 1.807) is 0 Å². The van der Waals surface area contributed by atoms with Gasteiger partial charge in [0, 0.05) is 18.5 Å². The van der Waals surface area contributed by atoms with E-state index in [9.17, 15) is 10.4 Å². The molecule has 1 unspecified atom stereocenters. The Kier molecular flexibility index (Phi) is 4.73. The quantitative estimate of drug-likeness (QED) is 0.919. The Hall–Kier alpha value is -1.37. The van der Waals surface area contributed by atoms with Crippen molar-refractivity contribution in [1.82, 2.24) is 4.90 Å². The highest BCUT2D eigenvalue weighted by Crippen LogP contribution is 2.42. The van der Waals surface area contributed by atoms with Crippen molar-refractivity contribution in [3.05, 3.63) is 35.4 Å². The lowest BCUT2D eigenvalue weighted by Crippen LogP contribution is -2.42. The van der Waals surface area contributed by atoms with Gasteiger partial charge in [0.1, 0.15) is 0 Å². The van der Waals surface area contributed by atoms with Gasteiger partial charge in [0.2, 0.25) is 0 Å². The topological polar surface area (TPSA) is 47.3 Å². The van der Waals surface area contributed by atoms with Crippen LogP contribution >= 0.6 is 0 Å². The number of hydrogen-bond acceptors (Lipinski definition) is 3. The molecule has 3 rings (SSSR count). The van der Waals surface area contributed by atoms with Crippen molar-refractivity contribution < 1.29 is 5.11 Å². The fraction of sp³-hybridized carbons (Fsp3) is 0.667. The summed E-state index contributed by atoms with van der Waals surface area (Å²) >= 11 is 0. The maximum Gasteiger partial charge on any atom is 0.0826 e. The number of aryl methyl sites for hydroxylation is 1. The van der Waals surface area contributed by atoms with Crippen LogP contribution in [0.4, 0.5) is 0 Å². The van der Waals surface area contributed by atoms with E-state index >= 15 is 0 Å². The van der Waals surface area contributed by atoms with E-state index in [4.69, 9.17) is 0 Å². The minimum atomic E-state index is -0.582. The molecule has 1 heterocycles. The van der Waals surface area contributed by atoms with Gasteiger partial charge in [0.15, 0.2) is 0 Å². The predicted octanol–water partition coefficient (Wildman–Crippen LogP) is 3.79. The second-order valence-corrected chi connectivity index (χ2v) is 8.37. The summed E-state index contributed by atoms with van der Waals surface area (Å²) in [5, 5.41) is 20.2. The molecule has 0 aromatic heterocycles. The molecule has 1 aliphatic carbocycles. The standard InChI is InChI=1S/C21H30N2O/c1-16-6-4-5-7-19(16)21(15-22)11-8-18(9-12-21)23-13-10-17(14-23)20(2,3)24/h4-7,17-18,24H,8-14H2,1-3H3. The van der Waals surface area contributed by atoms with Crippen molar-refractivity contribution in [2.75, 3.05) is 13.1 Å². The summed E-state index contributed by atoms with van der Waals surface area (Å²) < 4.78 is 0. The molecule has 0 spiro atoms. The molecule has 1 N–H and O–H groups in total. The molecule has 1 saturated heterocycles. The van der Waals surface area contributed by atoms with Crippen molar-refractivity contribution in [3.63, 3.8) is 0 Å². The number of benzene rings is 1. The Bertz CT molecular complexity index is 617. The summed E-state index contributed by atoms with van der Waals surface area (Å²) in [6.45, 7) is 8.07. The van der Waals surface area contributed by atoms with Gasteiger partial charge in [-0.15, -0.1) is 0 Å². The first-order valence-electron chi connectivity index (χ1n) is 9.29. The third-order valence-electron chi connectivity index (χ3n) is 6.42. The van der Waals surface area contributed by atoms with E-state index in [2.05, 4.69) is 42.2 Å². The van der Waals surface area contributed by atoms with Gasteiger partial charge in [-0.25, -0.2) is 0 Å². The minimum absolute atomic E-state index is 0.308. The first-order chi connectivity index (χ1) is 11.4. The van der Waals surface area contributed by atoms with Crippen molar-refractivity contribution in [3.8, 4) is 6.07 Å². The molecular weight excluding hydrogens is 296 g/mol. The Morgan fingerprint density at radius 1 is 1.21 bits per heavy atom. The highest BCUT2D eigenvalue weighted by molar-refractivity contribution is 5.39. The third-order valence-corrected chi connectivity index (χ3v) is 6.42. The van der Waals surface area contributed by atoms with Crippen LogP contribution in [0.15, 0.2) is 24.3 Å². The smallest absolute Gasteiger partial charge is 0.0826 e. The molecule has 3 nitrogen and oxygen atoms in total. The molecule has 24 heavy (non-hydrogen) atoms. The van der Waals surface area contributed by atoms with Crippen LogP contribution in [-0.2, 0) is 5.41 Å². The van der Waals surface area contributed by atoms with Crippen LogP contribution in [0.2, 0.25) is 0 Å². The molecule has 1 aromatic rings. The predicted molar refractivity (Wildman–Crippen MR) is 96.7 cm³/mol. The molecule has 1 aromatic carbocycles. The zero-order valence-electron chi connectivity index (χ0n) is 15.3. The second-order valence-electron chi connectivity index (χ2n) is 8.37. The van der Waals surface area contributed by atoms with Gasteiger partial charge in [-0.05, 0) is 70.5 Å². The molecule has 1 aliphatic heterocycles. The Balaban J connectivity index is 1.68. The van der Waals surface area contributed by atoms with Crippen LogP contribution in [0.3, 0.4) is 0 Å². The zero-order valence-corrected chi connectivity index (χ0v) is 15.3. The third kappa shape index (κ3) is 3.23. The summed E-state index contributed by atoms with van der Waals surface area (Å²) in [5.74, 6) is 0.372. The van der Waals surface area contributed by atoms with Crippen LogP contribution in [0, 0.1) is 24.2 Å². The maximum absolute atomic E-state index is 10.3. The van der Waals surface area contributed by atoms with Gasteiger partial charge in [-0.2, -0.15) is 5.26 Å². The molecule has 0 radical (unpaired) electrons. The molecular formula is C21H30N2O. The van der Waals surface area contributed by atoms with Gasteiger partial charge in [-0.3, -0.25) is 4.90 Å². The molecule has 0 amide bonds. The van der Waals surface area contributed by atoms with E-state index in [1.165, 1.54) is 11.1 Å². The number of likely N-dealkylation sites (tertiary alicyclic amines) is 1. The summed E-state index contributed by atoms with van der Waals surface area (Å²) in [6.07, 6.45) is 5.15. The minimum Gasteiger partial charge on any atom is -0.390 e. The summed E-state index contributed by atoms with van der Waals surface area (Å²) in [4.78, 5) is 2.56. The number of nitriles is 1. The number of hydrogen-bond donors (Lipinski definition) is 1. The summed E-state index contributed by atoms with van der Waals surface area (Å²) in [6, 6.07) is 11.6. The molecule has 2 aliphatic rings. The van der Waals surface area contributed by atoms with Gasteiger partial charge in [0.25, 0.3) is 0 Å². The van der Waals surface area contributed by atoms with Gasteiger partial charge >= 0.3 is 0 Å². The SMILES string of the molecule is Cc1ccccc1C1(C#N)CCC(N2CCC(C(C)(C)O)C2)CC1. The van der Waals surface area contributed by atoms with E-state index < -0.39 is 5.60 Å². The maximum atomic E-state index is 10.3. The monoisotopic (exact) mass is 326 g/mol. The van der Waals surface area contributed by atoms with Crippen LogP contribution in [0.5, 0.6) is 0 Å². The lowest BCUT2D eigenvalue weighted by molar-refractivity contribution is 0.0176. The van der Waals surface area contributed by atoms with Crippen LogP contribution in [-0.4, -0.2) is 34.7 Å². The summed E-state index contributed by atoms with van der Waals surface area (Å²) in [5.41, 5.74) is 1.57. The fourth-order valence-electron chi connectivity index (χ4n) is 4.71. The normalized spacial score (nSPS) is 31.8. The first-order valence-corrected chi connectivity index (χ1v) is 9.29. The Morgan fingerprint density at radius 2 is 1.88 bits per heavy atom. The average molecular weight is 326 g/mol. The number of aliphatic hydroxyl groups is 1. The second kappa shape index (κ2) is 6.50. The molecule has 1 atom stereocenters. The van der Waals surface area contributed by atoms with Crippen molar-refractivity contribution in [1.29, 1.82) is 5.26 Å². The highest BCUT2D eigenvalue weighted by atomic mass is 16.3. The van der Waals surface area contributed by atoms with E-state index in [-0.39, 0.29) is 5.41 Å². The van der Waals surface area contributed by atoms with Gasteiger partial charge in [-0.1, -0.05) is 24.3 Å². The fourth-order valence-corrected chi connectivity index (χ4v) is 4.71. The number of rotatable bonds is 3. The molecule has 3 heteroatoms. The molecule has 2 fully saturated rings. The molecule has 130 valence electrons. The van der Waals surface area contributed by atoms with Crippen LogP contribution in [0.1, 0.15) is 57.1 Å². The largest absolute Gasteiger partial charge is 0.390 e. The van der Waals surface area contributed by atoms with Gasteiger partial charge in [0.05, 0.1) is 17.1 Å². The lowest BCUT2D eigenvalue weighted by Gasteiger charge is -2.40. The van der Waals surface area contributed by atoms with Crippen molar-refractivity contribution in [2.45, 2.75) is 69.9 Å². The summed E-state index contributed by atoms with van der Waals surface area (Å²) in [7, 11) is 0. The van der Waals surface area contributed by atoms with E-state index in [1.807, 2.05) is 13.8 Å². The van der Waals surface area contributed by atoms with Crippen molar-refractivity contribution >= 4 is 0 Å². The first kappa shape index (κ1) is 17.5.